The number of H-pyrrole nitrogens is 1. The van der Waals surface area contributed by atoms with E-state index < -0.39 is 12.2 Å². The number of aryl methyl sites for hydroxylation is 1. The molecule has 2 aromatic rings. The van der Waals surface area contributed by atoms with Gasteiger partial charge in [-0.25, -0.2) is 4.98 Å². The Hall–Kier alpha value is -2.00. The number of rotatable bonds is 2. The van der Waals surface area contributed by atoms with Crippen molar-refractivity contribution in [2.45, 2.75) is 31.6 Å². The van der Waals surface area contributed by atoms with Crippen molar-refractivity contribution < 1.29 is 19.7 Å². The van der Waals surface area contributed by atoms with E-state index >= 15 is 0 Å². The van der Waals surface area contributed by atoms with E-state index in [-0.39, 0.29) is 11.9 Å². The molecule has 0 aliphatic carbocycles. The number of nitrogens with zero attached hydrogens (tertiary/aromatic N) is 3. The smallest absolute Gasteiger partial charge is 0.253 e. The van der Waals surface area contributed by atoms with Gasteiger partial charge in [-0.1, -0.05) is 0 Å². The average molecular weight is 374 g/mol. The standard InChI is InChI=1S/C19H26N4O4/c1-12-20-14-3-2-13(10-15(14)21-12)19(26)23-5-4-17(24)18(25)16(11-23)22-6-8-27-9-7-22/h2-3,10,16-18,24-25H,4-9,11H2,1H3,(H,20,21)/t16-,17-,18+/m1/s1. The summed E-state index contributed by atoms with van der Waals surface area (Å²) in [4.78, 5) is 24.5. The fraction of sp³-hybridized carbons (Fsp3) is 0.579. The third kappa shape index (κ3) is 3.70. The van der Waals surface area contributed by atoms with Crippen molar-refractivity contribution in [3.8, 4) is 0 Å². The van der Waals surface area contributed by atoms with E-state index in [1.807, 2.05) is 19.1 Å². The quantitative estimate of drug-likeness (QED) is 0.691. The van der Waals surface area contributed by atoms with E-state index in [1.165, 1.54) is 0 Å². The molecule has 3 atom stereocenters. The van der Waals surface area contributed by atoms with Crippen LogP contribution in [0, 0.1) is 6.92 Å². The summed E-state index contributed by atoms with van der Waals surface area (Å²) in [6.45, 7) is 5.26. The molecule has 2 saturated heterocycles. The third-order valence-electron chi connectivity index (χ3n) is 5.54. The molecule has 1 amide bonds. The highest BCUT2D eigenvalue weighted by atomic mass is 16.5. The summed E-state index contributed by atoms with van der Waals surface area (Å²) in [6.07, 6.45) is -1.36. The van der Waals surface area contributed by atoms with Gasteiger partial charge in [-0.3, -0.25) is 9.69 Å². The number of aliphatic hydroxyl groups excluding tert-OH is 2. The minimum absolute atomic E-state index is 0.0938. The molecule has 27 heavy (non-hydrogen) atoms. The maximum absolute atomic E-state index is 13.1. The Morgan fingerprint density at radius 2 is 2.04 bits per heavy atom. The highest BCUT2D eigenvalue weighted by Crippen LogP contribution is 2.21. The molecule has 8 nitrogen and oxygen atoms in total. The number of aromatic amines is 1. The highest BCUT2D eigenvalue weighted by molar-refractivity contribution is 5.97. The predicted molar refractivity (Wildman–Crippen MR) is 99.5 cm³/mol. The Labute approximate surface area is 157 Å². The number of fused-ring (bicyclic) bond motifs is 1. The Morgan fingerprint density at radius 1 is 1.26 bits per heavy atom. The van der Waals surface area contributed by atoms with Crippen LogP contribution in [0.4, 0.5) is 0 Å². The summed E-state index contributed by atoms with van der Waals surface area (Å²) in [5, 5.41) is 20.9. The number of hydrogen-bond donors (Lipinski definition) is 3. The number of carbonyl (C=O) groups excluding carboxylic acids is 1. The minimum Gasteiger partial charge on any atom is -0.390 e. The number of benzene rings is 1. The molecule has 0 spiro atoms. The maximum atomic E-state index is 13.1. The van der Waals surface area contributed by atoms with Gasteiger partial charge in [0.15, 0.2) is 0 Å². The van der Waals surface area contributed by atoms with Gasteiger partial charge in [0.05, 0.1) is 42.5 Å². The zero-order valence-corrected chi connectivity index (χ0v) is 15.5. The third-order valence-corrected chi connectivity index (χ3v) is 5.54. The lowest BCUT2D eigenvalue weighted by Gasteiger charge is -2.38. The second kappa shape index (κ2) is 7.55. The summed E-state index contributed by atoms with van der Waals surface area (Å²) in [5.74, 6) is 0.715. The first kappa shape index (κ1) is 18.4. The molecular weight excluding hydrogens is 348 g/mol. The summed E-state index contributed by atoms with van der Waals surface area (Å²) in [5.41, 5.74) is 2.24. The molecular formula is C19H26N4O4. The van der Waals surface area contributed by atoms with Gasteiger partial charge < -0.3 is 24.8 Å². The number of aromatic nitrogens is 2. The summed E-state index contributed by atoms with van der Waals surface area (Å²) >= 11 is 0. The zero-order valence-electron chi connectivity index (χ0n) is 15.5. The first-order valence-electron chi connectivity index (χ1n) is 9.46. The SMILES string of the molecule is Cc1nc2ccc(C(=O)N3CC[C@@H](O)[C@@H](O)[C@H](N4CCOCC4)C3)cc2[nH]1. The molecule has 2 aliphatic rings. The van der Waals surface area contributed by atoms with Crippen molar-refractivity contribution in [1.82, 2.24) is 19.8 Å². The van der Waals surface area contributed by atoms with Crippen LogP contribution in [0.25, 0.3) is 11.0 Å². The van der Waals surface area contributed by atoms with E-state index in [0.717, 1.165) is 16.9 Å². The van der Waals surface area contributed by atoms with Crippen LogP contribution in [0.15, 0.2) is 18.2 Å². The van der Waals surface area contributed by atoms with Gasteiger partial charge in [0.25, 0.3) is 5.91 Å². The average Bonchev–Trinajstić information content (AvgIpc) is 2.99. The minimum atomic E-state index is -0.876. The fourth-order valence-electron chi connectivity index (χ4n) is 4.02. The van der Waals surface area contributed by atoms with Crippen LogP contribution >= 0.6 is 0 Å². The predicted octanol–water partition coefficient (Wildman–Crippen LogP) is 0.140. The van der Waals surface area contributed by atoms with Crippen LogP contribution in [-0.2, 0) is 4.74 Å². The van der Waals surface area contributed by atoms with Crippen molar-refractivity contribution >= 4 is 16.9 Å². The Kier molecular flexibility index (Phi) is 5.14. The van der Waals surface area contributed by atoms with Crippen LogP contribution in [0.1, 0.15) is 22.6 Å². The number of aliphatic hydroxyl groups is 2. The van der Waals surface area contributed by atoms with Crippen LogP contribution in [0.3, 0.4) is 0 Å². The maximum Gasteiger partial charge on any atom is 0.253 e. The Bertz CT molecular complexity index is 817. The lowest BCUT2D eigenvalue weighted by Crippen LogP contribution is -2.55. The molecule has 1 aromatic carbocycles. The largest absolute Gasteiger partial charge is 0.390 e. The molecule has 0 unspecified atom stereocenters. The lowest BCUT2D eigenvalue weighted by atomic mass is 10.0. The van der Waals surface area contributed by atoms with Crippen LogP contribution < -0.4 is 0 Å². The van der Waals surface area contributed by atoms with Gasteiger partial charge in [0.2, 0.25) is 0 Å². The van der Waals surface area contributed by atoms with E-state index in [1.54, 1.807) is 11.0 Å². The van der Waals surface area contributed by atoms with Crippen molar-refractivity contribution in [2.75, 3.05) is 39.4 Å². The number of carbonyl (C=O) groups is 1. The molecule has 2 aliphatic heterocycles. The number of nitrogens with one attached hydrogen (secondary N) is 1. The van der Waals surface area contributed by atoms with Gasteiger partial charge in [0.1, 0.15) is 5.82 Å². The van der Waals surface area contributed by atoms with Crippen LogP contribution in [0.5, 0.6) is 0 Å². The van der Waals surface area contributed by atoms with Crippen molar-refractivity contribution in [3.05, 3.63) is 29.6 Å². The first-order valence-corrected chi connectivity index (χ1v) is 9.46. The number of hydrogen-bond acceptors (Lipinski definition) is 6. The highest BCUT2D eigenvalue weighted by Gasteiger charge is 2.37. The number of amides is 1. The van der Waals surface area contributed by atoms with Gasteiger partial charge in [-0.15, -0.1) is 0 Å². The fourth-order valence-corrected chi connectivity index (χ4v) is 4.02. The van der Waals surface area contributed by atoms with Crippen LogP contribution in [-0.4, -0.2) is 93.5 Å². The van der Waals surface area contributed by atoms with Crippen molar-refractivity contribution in [2.24, 2.45) is 0 Å². The molecule has 2 fully saturated rings. The van der Waals surface area contributed by atoms with Gasteiger partial charge in [-0.05, 0) is 31.5 Å². The molecule has 1 aromatic heterocycles. The van der Waals surface area contributed by atoms with Crippen molar-refractivity contribution in [1.29, 1.82) is 0 Å². The normalized spacial score (nSPS) is 27.7. The van der Waals surface area contributed by atoms with E-state index in [9.17, 15) is 15.0 Å². The number of likely N-dealkylation sites (tertiary alicyclic amines) is 1. The summed E-state index contributed by atoms with van der Waals surface area (Å²) in [6, 6.07) is 5.15. The molecule has 146 valence electrons. The molecule has 0 radical (unpaired) electrons. The zero-order chi connectivity index (χ0) is 19.0. The van der Waals surface area contributed by atoms with Gasteiger partial charge in [0, 0.05) is 31.7 Å². The Balaban J connectivity index is 1.57. The topological polar surface area (TPSA) is 102 Å². The Morgan fingerprint density at radius 3 is 2.81 bits per heavy atom. The van der Waals surface area contributed by atoms with E-state index in [4.69, 9.17) is 4.74 Å². The lowest BCUT2D eigenvalue weighted by molar-refractivity contribution is -0.0609. The second-order valence-corrected chi connectivity index (χ2v) is 7.37. The number of morpholine rings is 1. The number of ether oxygens (including phenoxy) is 1. The van der Waals surface area contributed by atoms with E-state index in [0.29, 0.717) is 51.4 Å². The summed E-state index contributed by atoms with van der Waals surface area (Å²) in [7, 11) is 0. The van der Waals surface area contributed by atoms with Crippen LogP contribution in [0.2, 0.25) is 0 Å². The van der Waals surface area contributed by atoms with Gasteiger partial charge in [-0.2, -0.15) is 0 Å². The molecule has 8 heteroatoms. The van der Waals surface area contributed by atoms with E-state index in [2.05, 4.69) is 14.9 Å². The van der Waals surface area contributed by atoms with Gasteiger partial charge >= 0.3 is 0 Å². The second-order valence-electron chi connectivity index (χ2n) is 7.37. The number of imidazole rings is 1. The molecule has 3 heterocycles. The first-order chi connectivity index (χ1) is 13.0. The molecule has 3 N–H and O–H groups in total. The summed E-state index contributed by atoms with van der Waals surface area (Å²) < 4.78 is 5.39. The monoisotopic (exact) mass is 374 g/mol. The molecule has 4 rings (SSSR count). The molecule has 0 bridgehead atoms. The van der Waals surface area contributed by atoms with Crippen molar-refractivity contribution in [3.63, 3.8) is 0 Å². The molecule has 0 saturated carbocycles.